The van der Waals surface area contributed by atoms with E-state index in [9.17, 15) is 0 Å². The second-order valence-electron chi connectivity index (χ2n) is 5.37. The highest BCUT2D eigenvalue weighted by molar-refractivity contribution is 9.10. The van der Waals surface area contributed by atoms with Crippen LogP contribution in [-0.4, -0.2) is 26.5 Å². The van der Waals surface area contributed by atoms with Crippen molar-refractivity contribution in [3.63, 3.8) is 0 Å². The number of hydrogen-bond donors (Lipinski definition) is 2. The van der Waals surface area contributed by atoms with Gasteiger partial charge in [0.15, 0.2) is 5.82 Å². The first-order chi connectivity index (χ1) is 12.2. The number of hydrogen-bond acceptors (Lipinski definition) is 5. The zero-order chi connectivity index (χ0) is 17.6. The zero-order valence-electron chi connectivity index (χ0n) is 13.7. The molecule has 0 spiro atoms. The Kier molecular flexibility index (Phi) is 5.83. The second-order valence-corrected chi connectivity index (χ2v) is 6.61. The minimum Gasteiger partial charge on any atom is -0.492 e. The summed E-state index contributed by atoms with van der Waals surface area (Å²) >= 11 is 8.88. The van der Waals surface area contributed by atoms with Crippen LogP contribution in [0.25, 0.3) is 11.4 Å². The van der Waals surface area contributed by atoms with E-state index in [4.69, 9.17) is 17.0 Å². The van der Waals surface area contributed by atoms with Gasteiger partial charge in [0.1, 0.15) is 5.75 Å². The van der Waals surface area contributed by atoms with Crippen LogP contribution in [0.1, 0.15) is 18.9 Å². The van der Waals surface area contributed by atoms with E-state index in [0.717, 1.165) is 33.6 Å². The first-order valence-electron chi connectivity index (χ1n) is 7.92. The van der Waals surface area contributed by atoms with Gasteiger partial charge in [0, 0.05) is 18.0 Å². The van der Waals surface area contributed by atoms with Crippen LogP contribution >= 0.6 is 28.1 Å². The molecule has 6 nitrogen and oxygen atoms in total. The van der Waals surface area contributed by atoms with Gasteiger partial charge in [-0.25, -0.2) is 9.77 Å². The number of aromatic amines is 1. The molecule has 130 valence electrons. The molecule has 1 aromatic carbocycles. The number of nitrogens with zero attached hydrogens (tertiary/aromatic N) is 3. The van der Waals surface area contributed by atoms with Crippen molar-refractivity contribution >= 4 is 28.1 Å². The molecule has 0 unspecified atom stereocenters. The van der Waals surface area contributed by atoms with Gasteiger partial charge in [-0.3, -0.25) is 4.98 Å². The molecule has 3 aromatic rings. The molecule has 0 radical (unpaired) electrons. The van der Waals surface area contributed by atoms with Crippen molar-refractivity contribution in [3.05, 3.63) is 57.5 Å². The Labute approximate surface area is 159 Å². The third-order valence-electron chi connectivity index (χ3n) is 3.51. The molecule has 0 atom stereocenters. The van der Waals surface area contributed by atoms with E-state index in [2.05, 4.69) is 43.5 Å². The van der Waals surface area contributed by atoms with Crippen molar-refractivity contribution in [1.82, 2.24) is 19.9 Å². The highest BCUT2D eigenvalue weighted by Gasteiger charge is 2.09. The van der Waals surface area contributed by atoms with Gasteiger partial charge in [0.05, 0.1) is 17.6 Å². The van der Waals surface area contributed by atoms with Gasteiger partial charge in [0.25, 0.3) is 0 Å². The number of rotatable bonds is 7. The van der Waals surface area contributed by atoms with Gasteiger partial charge in [-0.15, -0.1) is 0 Å². The van der Waals surface area contributed by atoms with Crippen molar-refractivity contribution in [2.24, 2.45) is 0 Å². The molecule has 0 bridgehead atoms. The lowest BCUT2D eigenvalue weighted by atomic mass is 10.2. The Morgan fingerprint density at radius 3 is 2.80 bits per heavy atom. The highest BCUT2D eigenvalue weighted by Crippen LogP contribution is 2.26. The summed E-state index contributed by atoms with van der Waals surface area (Å²) in [5, 5.41) is 7.11. The molecule has 0 fully saturated rings. The van der Waals surface area contributed by atoms with Crippen LogP contribution in [0.2, 0.25) is 0 Å². The number of benzene rings is 1. The standard InChI is InChI=1S/C17H18BrN5OS/c1-2-9-24-15-4-3-12(10-14(15)18)11-20-23-16(21-22-17(23)25)13-5-7-19-8-6-13/h3-8,10,20H,2,9,11H2,1H3,(H,22,25). The fourth-order valence-electron chi connectivity index (χ4n) is 2.29. The molecule has 2 heterocycles. The van der Waals surface area contributed by atoms with Crippen LogP contribution in [0.3, 0.4) is 0 Å². The van der Waals surface area contributed by atoms with E-state index in [1.807, 2.05) is 30.3 Å². The maximum atomic E-state index is 5.68. The van der Waals surface area contributed by atoms with E-state index in [0.29, 0.717) is 17.9 Å². The molecule has 2 aromatic heterocycles. The Bertz CT molecular complexity index is 894. The lowest BCUT2D eigenvalue weighted by molar-refractivity contribution is 0.315. The number of H-pyrrole nitrogens is 1. The van der Waals surface area contributed by atoms with Crippen LogP contribution in [0, 0.1) is 4.77 Å². The molecule has 8 heteroatoms. The summed E-state index contributed by atoms with van der Waals surface area (Å²) in [4.78, 5) is 4.03. The van der Waals surface area contributed by atoms with Gasteiger partial charge in [-0.1, -0.05) is 13.0 Å². The number of halogens is 1. The quantitative estimate of drug-likeness (QED) is 0.558. The van der Waals surface area contributed by atoms with Crippen LogP contribution in [0.4, 0.5) is 0 Å². The molecule has 0 saturated heterocycles. The van der Waals surface area contributed by atoms with Crippen LogP contribution < -0.4 is 10.2 Å². The fourth-order valence-corrected chi connectivity index (χ4v) is 3.03. The Morgan fingerprint density at radius 2 is 2.08 bits per heavy atom. The molecule has 3 rings (SSSR count). The molecule has 0 aliphatic rings. The largest absolute Gasteiger partial charge is 0.492 e. The predicted molar refractivity (Wildman–Crippen MR) is 104 cm³/mol. The first kappa shape index (κ1) is 17.6. The monoisotopic (exact) mass is 419 g/mol. The fraction of sp³-hybridized carbons (Fsp3) is 0.235. The predicted octanol–water partition coefficient (Wildman–Crippen LogP) is 4.30. The van der Waals surface area contributed by atoms with Gasteiger partial charge >= 0.3 is 0 Å². The van der Waals surface area contributed by atoms with Crippen molar-refractivity contribution < 1.29 is 4.74 Å². The van der Waals surface area contributed by atoms with Gasteiger partial charge < -0.3 is 10.2 Å². The summed E-state index contributed by atoms with van der Waals surface area (Å²) in [6.07, 6.45) is 4.43. The molecule has 0 aliphatic heterocycles. The van der Waals surface area contributed by atoms with Gasteiger partial charge in [-0.2, -0.15) is 5.10 Å². The molecule has 2 N–H and O–H groups in total. The van der Waals surface area contributed by atoms with E-state index >= 15 is 0 Å². The summed E-state index contributed by atoms with van der Waals surface area (Å²) in [5.74, 6) is 1.57. The molecular weight excluding hydrogens is 402 g/mol. The number of pyridine rings is 1. The van der Waals surface area contributed by atoms with Gasteiger partial charge in [0.2, 0.25) is 4.77 Å². The maximum Gasteiger partial charge on any atom is 0.214 e. The van der Waals surface area contributed by atoms with Crippen molar-refractivity contribution in [3.8, 4) is 17.1 Å². The van der Waals surface area contributed by atoms with Crippen molar-refractivity contribution in [1.29, 1.82) is 0 Å². The summed E-state index contributed by atoms with van der Waals surface area (Å²) < 4.78 is 8.88. The first-order valence-corrected chi connectivity index (χ1v) is 9.12. The molecule has 0 amide bonds. The number of nitrogens with one attached hydrogen (secondary N) is 2. The Hall–Kier alpha value is -2.19. The van der Waals surface area contributed by atoms with E-state index < -0.39 is 0 Å². The average Bonchev–Trinajstić information content (AvgIpc) is 3.00. The Morgan fingerprint density at radius 1 is 1.28 bits per heavy atom. The summed E-state index contributed by atoms with van der Waals surface area (Å²) in [5.41, 5.74) is 5.33. The van der Waals surface area contributed by atoms with Gasteiger partial charge in [-0.05, 0) is 64.4 Å². The van der Waals surface area contributed by atoms with Crippen LogP contribution in [0.15, 0.2) is 47.2 Å². The molecular formula is C17H18BrN5OS. The normalized spacial score (nSPS) is 10.6. The SMILES string of the molecule is CCCOc1ccc(CNn2c(-c3ccncc3)n[nH]c2=S)cc1Br. The lowest BCUT2D eigenvalue weighted by Gasteiger charge is -2.12. The highest BCUT2D eigenvalue weighted by atomic mass is 79.9. The van der Waals surface area contributed by atoms with Crippen LogP contribution in [0.5, 0.6) is 5.75 Å². The van der Waals surface area contributed by atoms with E-state index in [1.54, 1.807) is 17.1 Å². The Balaban J connectivity index is 1.75. The second kappa shape index (κ2) is 8.26. The third kappa shape index (κ3) is 4.26. The minimum atomic E-state index is 0.508. The number of ether oxygens (including phenoxy) is 1. The van der Waals surface area contributed by atoms with Crippen molar-refractivity contribution in [2.75, 3.05) is 12.0 Å². The van der Waals surface area contributed by atoms with Crippen LogP contribution in [-0.2, 0) is 6.54 Å². The van der Waals surface area contributed by atoms with E-state index in [1.165, 1.54) is 0 Å². The topological polar surface area (TPSA) is 67.8 Å². The molecule has 25 heavy (non-hydrogen) atoms. The third-order valence-corrected chi connectivity index (χ3v) is 4.40. The summed E-state index contributed by atoms with van der Waals surface area (Å²) in [6.45, 7) is 3.38. The lowest BCUT2D eigenvalue weighted by Crippen LogP contribution is -2.16. The molecule has 0 saturated carbocycles. The number of aromatic nitrogens is 4. The van der Waals surface area contributed by atoms with E-state index in [-0.39, 0.29) is 0 Å². The minimum absolute atomic E-state index is 0.508. The summed E-state index contributed by atoms with van der Waals surface area (Å²) in [7, 11) is 0. The molecule has 0 aliphatic carbocycles. The average molecular weight is 420 g/mol. The summed E-state index contributed by atoms with van der Waals surface area (Å²) in [6, 6.07) is 9.81. The van der Waals surface area contributed by atoms with Crippen molar-refractivity contribution in [2.45, 2.75) is 19.9 Å². The smallest absolute Gasteiger partial charge is 0.214 e. The zero-order valence-corrected chi connectivity index (χ0v) is 16.1. The maximum absolute atomic E-state index is 5.68.